The first-order valence-electron chi connectivity index (χ1n) is 12.5. The third-order valence-corrected chi connectivity index (χ3v) is 7.46. The molecule has 0 bridgehead atoms. The van der Waals surface area contributed by atoms with Gasteiger partial charge in [-0.1, -0.05) is 30.3 Å². The highest BCUT2D eigenvalue weighted by atomic mass is 32.1. The highest BCUT2D eigenvalue weighted by Crippen LogP contribution is 2.43. The van der Waals surface area contributed by atoms with Crippen LogP contribution >= 0.6 is 12.2 Å². The molecule has 5 rings (SSSR count). The SMILES string of the molecule is Cc1c(C)c2c(c(C)c1O)CCC(C)(COc1ccc(NC(=S)Nc3ccc4ccccc4c3)cc1)O2. The molecule has 0 aromatic heterocycles. The monoisotopic (exact) mass is 512 g/mol. The van der Waals surface area contributed by atoms with Crippen LogP contribution in [0.3, 0.4) is 0 Å². The Morgan fingerprint density at radius 1 is 0.919 bits per heavy atom. The van der Waals surface area contributed by atoms with Gasteiger partial charge in [0, 0.05) is 16.9 Å². The minimum absolute atomic E-state index is 0.375. The molecule has 1 atom stereocenters. The number of hydrogen-bond donors (Lipinski definition) is 3. The fourth-order valence-electron chi connectivity index (χ4n) is 4.83. The van der Waals surface area contributed by atoms with E-state index in [0.29, 0.717) is 17.5 Å². The van der Waals surface area contributed by atoms with Crippen LogP contribution in [0.4, 0.5) is 11.4 Å². The molecule has 0 spiro atoms. The summed E-state index contributed by atoms with van der Waals surface area (Å²) >= 11 is 5.51. The molecule has 5 nitrogen and oxygen atoms in total. The Morgan fingerprint density at radius 3 is 2.35 bits per heavy atom. The molecule has 37 heavy (non-hydrogen) atoms. The maximum absolute atomic E-state index is 10.4. The molecule has 0 radical (unpaired) electrons. The lowest BCUT2D eigenvalue weighted by molar-refractivity contribution is 0.0166. The second-order valence-electron chi connectivity index (χ2n) is 10.0. The average Bonchev–Trinajstić information content (AvgIpc) is 2.90. The Morgan fingerprint density at radius 2 is 1.59 bits per heavy atom. The predicted molar refractivity (Wildman–Crippen MR) is 155 cm³/mol. The van der Waals surface area contributed by atoms with E-state index in [-0.39, 0.29) is 0 Å². The zero-order valence-corrected chi connectivity index (χ0v) is 22.5. The summed E-state index contributed by atoms with van der Waals surface area (Å²) in [5.41, 5.74) is 5.25. The van der Waals surface area contributed by atoms with Gasteiger partial charge in [-0.25, -0.2) is 0 Å². The molecule has 3 N–H and O–H groups in total. The Balaban J connectivity index is 1.18. The predicted octanol–water partition coefficient (Wildman–Crippen LogP) is 7.44. The number of rotatable bonds is 5. The van der Waals surface area contributed by atoms with E-state index in [4.69, 9.17) is 21.7 Å². The van der Waals surface area contributed by atoms with Crippen LogP contribution in [-0.2, 0) is 6.42 Å². The molecule has 1 heterocycles. The van der Waals surface area contributed by atoms with Crippen molar-refractivity contribution in [1.29, 1.82) is 0 Å². The van der Waals surface area contributed by atoms with E-state index in [9.17, 15) is 5.11 Å². The van der Waals surface area contributed by atoms with Gasteiger partial charge in [0.2, 0.25) is 0 Å². The Hall–Kier alpha value is -3.77. The molecular formula is C31H32N2O3S. The molecule has 4 aromatic rings. The van der Waals surface area contributed by atoms with Gasteiger partial charge in [-0.2, -0.15) is 0 Å². The van der Waals surface area contributed by atoms with E-state index >= 15 is 0 Å². The lowest BCUT2D eigenvalue weighted by atomic mass is 9.87. The topological polar surface area (TPSA) is 62.8 Å². The standard InChI is InChI=1S/C31H32N2O3S/c1-19-20(2)29-27(21(3)28(19)34)15-16-31(4,36-29)18-35-26-13-11-24(12-14-26)32-30(37)33-25-10-9-22-7-5-6-8-23(22)17-25/h5-14,17,34H,15-16,18H2,1-4H3,(H2,32,33,37). The minimum atomic E-state index is -0.449. The van der Waals surface area contributed by atoms with Gasteiger partial charge in [0.1, 0.15) is 29.5 Å². The Kier molecular flexibility index (Phi) is 6.69. The number of fused-ring (bicyclic) bond motifs is 2. The fourth-order valence-corrected chi connectivity index (χ4v) is 5.06. The number of phenolic OH excluding ortho intramolecular Hbond substituents is 1. The first-order valence-corrected chi connectivity index (χ1v) is 12.9. The van der Waals surface area contributed by atoms with Crippen LogP contribution in [0.15, 0.2) is 66.7 Å². The molecule has 0 saturated carbocycles. The van der Waals surface area contributed by atoms with Crippen molar-refractivity contribution in [1.82, 2.24) is 0 Å². The third kappa shape index (κ3) is 5.20. The van der Waals surface area contributed by atoms with Crippen molar-refractivity contribution in [3.05, 3.63) is 89.0 Å². The molecule has 4 aromatic carbocycles. The van der Waals surface area contributed by atoms with Crippen LogP contribution in [0, 0.1) is 20.8 Å². The lowest BCUT2D eigenvalue weighted by Gasteiger charge is -2.37. The normalized spacial score (nSPS) is 16.5. The van der Waals surface area contributed by atoms with Crippen LogP contribution in [0.2, 0.25) is 0 Å². The number of benzene rings is 4. The van der Waals surface area contributed by atoms with Crippen molar-refractivity contribution in [2.45, 2.75) is 46.1 Å². The Bertz CT molecular complexity index is 1480. The number of nitrogens with one attached hydrogen (secondary N) is 2. The highest BCUT2D eigenvalue weighted by molar-refractivity contribution is 7.80. The molecule has 0 amide bonds. The zero-order valence-electron chi connectivity index (χ0n) is 21.6. The van der Waals surface area contributed by atoms with E-state index in [1.807, 2.05) is 63.2 Å². The highest BCUT2D eigenvalue weighted by Gasteiger charge is 2.35. The van der Waals surface area contributed by atoms with Gasteiger partial charge in [-0.15, -0.1) is 0 Å². The number of thiocarbonyl (C=S) groups is 1. The van der Waals surface area contributed by atoms with Gasteiger partial charge >= 0.3 is 0 Å². The summed E-state index contributed by atoms with van der Waals surface area (Å²) in [5.74, 6) is 2.03. The number of hydrogen-bond acceptors (Lipinski definition) is 4. The Labute approximate surface area is 223 Å². The molecule has 1 aliphatic rings. The number of anilines is 2. The third-order valence-electron chi connectivity index (χ3n) is 7.26. The average molecular weight is 513 g/mol. The summed E-state index contributed by atoms with van der Waals surface area (Å²) in [6.45, 7) is 8.41. The van der Waals surface area contributed by atoms with Gasteiger partial charge in [0.15, 0.2) is 5.11 Å². The van der Waals surface area contributed by atoms with Gasteiger partial charge in [-0.05, 0) is 117 Å². The summed E-state index contributed by atoms with van der Waals surface area (Å²) < 4.78 is 12.6. The van der Waals surface area contributed by atoms with Crippen LogP contribution in [0.25, 0.3) is 10.8 Å². The van der Waals surface area contributed by atoms with Crippen molar-refractivity contribution < 1.29 is 14.6 Å². The van der Waals surface area contributed by atoms with E-state index in [1.165, 1.54) is 5.39 Å². The van der Waals surface area contributed by atoms with Crippen LogP contribution in [0.1, 0.15) is 35.6 Å². The zero-order chi connectivity index (χ0) is 26.2. The van der Waals surface area contributed by atoms with Crippen LogP contribution in [0.5, 0.6) is 17.2 Å². The van der Waals surface area contributed by atoms with Crippen molar-refractivity contribution in [3.63, 3.8) is 0 Å². The van der Waals surface area contributed by atoms with Crippen molar-refractivity contribution in [3.8, 4) is 17.2 Å². The van der Waals surface area contributed by atoms with Gasteiger partial charge in [0.05, 0.1) is 0 Å². The summed E-state index contributed by atoms with van der Waals surface area (Å²) in [7, 11) is 0. The second-order valence-corrected chi connectivity index (χ2v) is 10.4. The number of phenols is 1. The van der Waals surface area contributed by atoms with Gasteiger partial charge < -0.3 is 25.2 Å². The summed E-state index contributed by atoms with van der Waals surface area (Å²) in [4.78, 5) is 0. The van der Waals surface area contributed by atoms with Gasteiger partial charge in [0.25, 0.3) is 0 Å². The quantitative estimate of drug-likeness (QED) is 0.242. The maximum atomic E-state index is 10.4. The summed E-state index contributed by atoms with van der Waals surface area (Å²) in [6.07, 6.45) is 1.66. The first-order chi connectivity index (χ1) is 17.7. The lowest BCUT2D eigenvalue weighted by Crippen LogP contribution is -2.42. The molecule has 0 fully saturated rings. The molecule has 1 unspecified atom stereocenters. The molecule has 0 saturated heterocycles. The van der Waals surface area contributed by atoms with Crippen molar-refractivity contribution in [2.24, 2.45) is 0 Å². The smallest absolute Gasteiger partial charge is 0.175 e. The van der Waals surface area contributed by atoms with E-state index in [0.717, 1.165) is 63.4 Å². The first kappa shape index (κ1) is 24.9. The second kappa shape index (κ2) is 9.94. The van der Waals surface area contributed by atoms with E-state index in [1.54, 1.807) is 0 Å². The molecule has 0 aliphatic carbocycles. The molecular weight excluding hydrogens is 480 g/mol. The van der Waals surface area contributed by atoms with E-state index in [2.05, 4.69) is 41.8 Å². The van der Waals surface area contributed by atoms with E-state index < -0.39 is 5.60 Å². The molecule has 1 aliphatic heterocycles. The number of ether oxygens (including phenoxy) is 2. The fraction of sp³-hybridized carbons (Fsp3) is 0.258. The van der Waals surface area contributed by atoms with Crippen molar-refractivity contribution >= 4 is 39.5 Å². The van der Waals surface area contributed by atoms with Crippen LogP contribution < -0.4 is 20.1 Å². The largest absolute Gasteiger partial charge is 0.507 e. The summed E-state index contributed by atoms with van der Waals surface area (Å²) in [5, 5.41) is 19.8. The molecule has 6 heteroatoms. The molecule has 190 valence electrons. The minimum Gasteiger partial charge on any atom is -0.507 e. The summed E-state index contributed by atoms with van der Waals surface area (Å²) in [6, 6.07) is 22.2. The maximum Gasteiger partial charge on any atom is 0.175 e. The van der Waals surface area contributed by atoms with Gasteiger partial charge in [-0.3, -0.25) is 0 Å². The van der Waals surface area contributed by atoms with Crippen LogP contribution in [-0.4, -0.2) is 22.4 Å². The van der Waals surface area contributed by atoms with Crippen molar-refractivity contribution in [2.75, 3.05) is 17.2 Å². The number of aromatic hydroxyl groups is 1.